The predicted octanol–water partition coefficient (Wildman–Crippen LogP) is -1.88. The normalized spacial score (nSPS) is 16.3. The number of likely N-dealkylation sites (N-methyl/N-ethyl adjacent to an activating group) is 1. The number of alkyl halides is 2. The molecule has 1 fully saturated rings. The molecule has 19 heavy (non-hydrogen) atoms. The van der Waals surface area contributed by atoms with Crippen molar-refractivity contribution in [3.8, 4) is 0 Å². The first-order chi connectivity index (χ1) is 8.69. The molecule has 0 saturated carbocycles. The molecule has 1 saturated heterocycles. The van der Waals surface area contributed by atoms with Gasteiger partial charge in [0.05, 0.1) is 13.1 Å². The summed E-state index contributed by atoms with van der Waals surface area (Å²) in [7, 11) is 1.07. The zero-order valence-corrected chi connectivity index (χ0v) is 9.98. The van der Waals surface area contributed by atoms with Gasteiger partial charge >= 0.3 is 17.8 Å². The molecule has 0 bridgehead atoms. The molecule has 106 valence electrons. The third-order valence-electron chi connectivity index (χ3n) is 2.40. The quantitative estimate of drug-likeness (QED) is 0.451. The Morgan fingerprint density at radius 3 is 2.32 bits per heavy atom. The van der Waals surface area contributed by atoms with Gasteiger partial charge < -0.3 is 11.1 Å². The van der Waals surface area contributed by atoms with Crippen LogP contribution >= 0.6 is 0 Å². The van der Waals surface area contributed by atoms with Gasteiger partial charge in [-0.05, 0) is 0 Å². The van der Waals surface area contributed by atoms with Gasteiger partial charge in [0.25, 0.3) is 5.92 Å². The highest BCUT2D eigenvalue weighted by molar-refractivity contribution is 6.44. The topological polar surface area (TPSA) is 113 Å². The van der Waals surface area contributed by atoms with E-state index >= 15 is 0 Å². The molecule has 0 aliphatic carbocycles. The fourth-order valence-corrected chi connectivity index (χ4v) is 1.25. The molecule has 1 aliphatic rings. The number of halogens is 2. The van der Waals surface area contributed by atoms with E-state index in [1.165, 1.54) is 0 Å². The molecule has 1 rings (SSSR count). The number of hydrogen-bond donors (Lipinski definition) is 2. The van der Waals surface area contributed by atoms with Crippen molar-refractivity contribution in [1.29, 1.82) is 0 Å². The molecule has 8 nitrogen and oxygen atoms in total. The molecule has 0 unspecified atom stereocenters. The number of hydrogen-bond acceptors (Lipinski definition) is 5. The number of nitrogens with zero attached hydrogens (tertiary/aromatic N) is 2. The minimum absolute atomic E-state index is 0.373. The Balaban J connectivity index is 2.56. The summed E-state index contributed by atoms with van der Waals surface area (Å²) in [4.78, 5) is 46.0. The lowest BCUT2D eigenvalue weighted by atomic mass is 10.3. The van der Waals surface area contributed by atoms with Crippen LogP contribution in [0.4, 0.5) is 13.6 Å². The number of carbonyl (C=O) groups excluding carboxylic acids is 4. The van der Waals surface area contributed by atoms with E-state index in [0.29, 0.717) is 9.80 Å². The fourth-order valence-electron chi connectivity index (χ4n) is 1.25. The highest BCUT2D eigenvalue weighted by Gasteiger charge is 2.43. The summed E-state index contributed by atoms with van der Waals surface area (Å²) in [5, 5.41) is 1.83. The van der Waals surface area contributed by atoms with Crippen molar-refractivity contribution in [2.45, 2.75) is 5.92 Å². The molecule has 1 aliphatic heterocycles. The summed E-state index contributed by atoms with van der Waals surface area (Å²) in [6.45, 7) is -2.76. The number of carbonyl (C=O) groups is 4. The van der Waals surface area contributed by atoms with Gasteiger partial charge in [-0.15, -0.1) is 0 Å². The van der Waals surface area contributed by atoms with Crippen molar-refractivity contribution < 1.29 is 28.0 Å². The second-order valence-electron chi connectivity index (χ2n) is 3.87. The largest absolute Gasteiger partial charge is 0.348 e. The third kappa shape index (κ3) is 3.22. The van der Waals surface area contributed by atoms with Crippen LogP contribution in [0.2, 0.25) is 0 Å². The van der Waals surface area contributed by atoms with Crippen molar-refractivity contribution in [1.82, 2.24) is 15.1 Å². The molecule has 10 heteroatoms. The smallest absolute Gasteiger partial charge is 0.334 e. The van der Waals surface area contributed by atoms with E-state index in [-0.39, 0.29) is 0 Å². The third-order valence-corrected chi connectivity index (χ3v) is 2.40. The molecule has 0 aromatic heterocycles. The lowest BCUT2D eigenvalue weighted by Crippen LogP contribution is -2.46. The predicted molar refractivity (Wildman–Crippen MR) is 56.9 cm³/mol. The Labute approximate surface area is 106 Å². The summed E-state index contributed by atoms with van der Waals surface area (Å²) in [6.07, 6.45) is 0. The first kappa shape index (κ1) is 15.0. The van der Waals surface area contributed by atoms with Gasteiger partial charge in [0.1, 0.15) is 6.54 Å². The zero-order chi connectivity index (χ0) is 14.8. The zero-order valence-electron chi connectivity index (χ0n) is 9.98. The van der Waals surface area contributed by atoms with Crippen molar-refractivity contribution in [3.63, 3.8) is 0 Å². The lowest BCUT2D eigenvalue weighted by molar-refractivity contribution is -0.143. The maximum Gasteiger partial charge on any atom is 0.334 e. The van der Waals surface area contributed by atoms with E-state index in [2.05, 4.69) is 0 Å². The van der Waals surface area contributed by atoms with E-state index in [1.54, 1.807) is 0 Å². The van der Waals surface area contributed by atoms with Crippen LogP contribution in [-0.4, -0.2) is 66.2 Å². The maximum absolute atomic E-state index is 12.8. The minimum Gasteiger partial charge on any atom is -0.348 e. The first-order valence-corrected chi connectivity index (χ1v) is 5.17. The monoisotopic (exact) mass is 278 g/mol. The Morgan fingerprint density at radius 1 is 1.32 bits per heavy atom. The van der Waals surface area contributed by atoms with Gasteiger partial charge in [-0.1, -0.05) is 0 Å². The standard InChI is InChI=1S/C9H12F2N4O4/c1-14-6(17)7(18)15(8(14)19)2-5(16)13-4-9(10,11)3-12/h2-4,12H2,1H3,(H,13,16). The van der Waals surface area contributed by atoms with E-state index in [4.69, 9.17) is 5.73 Å². The summed E-state index contributed by atoms with van der Waals surface area (Å²) in [5.74, 6) is -6.52. The molecule has 1 heterocycles. The molecular weight excluding hydrogens is 266 g/mol. The Hall–Kier alpha value is -2.10. The molecule has 0 radical (unpaired) electrons. The van der Waals surface area contributed by atoms with E-state index in [0.717, 1.165) is 7.05 Å². The van der Waals surface area contributed by atoms with Crippen LogP contribution in [0.15, 0.2) is 0 Å². The number of nitrogens with two attached hydrogens (primary N) is 1. The van der Waals surface area contributed by atoms with Gasteiger partial charge in [-0.2, -0.15) is 0 Å². The average molecular weight is 278 g/mol. The van der Waals surface area contributed by atoms with Crippen molar-refractivity contribution in [2.75, 3.05) is 26.7 Å². The summed E-state index contributed by atoms with van der Waals surface area (Å²) in [6, 6.07) is -0.976. The van der Waals surface area contributed by atoms with Gasteiger partial charge in [-0.3, -0.25) is 19.3 Å². The Bertz CT molecular complexity index is 440. The number of rotatable bonds is 5. The Kier molecular flexibility index (Phi) is 4.14. The van der Waals surface area contributed by atoms with E-state index in [9.17, 15) is 28.0 Å². The number of imide groups is 2. The van der Waals surface area contributed by atoms with Crippen LogP contribution in [0.1, 0.15) is 0 Å². The van der Waals surface area contributed by atoms with Crippen LogP contribution in [0.3, 0.4) is 0 Å². The molecular formula is C9H12F2N4O4. The molecule has 0 atom stereocenters. The Morgan fingerprint density at radius 2 is 1.89 bits per heavy atom. The number of urea groups is 1. The molecule has 3 N–H and O–H groups in total. The van der Waals surface area contributed by atoms with Gasteiger partial charge in [0.2, 0.25) is 5.91 Å². The van der Waals surface area contributed by atoms with Crippen molar-refractivity contribution >= 4 is 23.8 Å². The van der Waals surface area contributed by atoms with E-state index in [1.807, 2.05) is 5.32 Å². The second kappa shape index (κ2) is 5.26. The van der Waals surface area contributed by atoms with Crippen LogP contribution in [-0.2, 0) is 14.4 Å². The van der Waals surface area contributed by atoms with Crippen molar-refractivity contribution in [2.24, 2.45) is 5.73 Å². The van der Waals surface area contributed by atoms with Gasteiger partial charge in [-0.25, -0.2) is 18.5 Å². The van der Waals surface area contributed by atoms with Crippen LogP contribution < -0.4 is 11.1 Å². The number of amides is 5. The van der Waals surface area contributed by atoms with Crippen LogP contribution in [0.25, 0.3) is 0 Å². The van der Waals surface area contributed by atoms with Crippen LogP contribution in [0, 0.1) is 0 Å². The molecule has 5 amide bonds. The van der Waals surface area contributed by atoms with Gasteiger partial charge in [0, 0.05) is 7.05 Å². The SMILES string of the molecule is CN1C(=O)C(=O)N(CC(=O)NCC(F)(F)CN)C1=O. The summed E-state index contributed by atoms with van der Waals surface area (Å²) in [5.41, 5.74) is 4.77. The highest BCUT2D eigenvalue weighted by Crippen LogP contribution is 2.10. The summed E-state index contributed by atoms with van der Waals surface area (Å²) >= 11 is 0. The maximum atomic E-state index is 12.8. The van der Waals surface area contributed by atoms with E-state index < -0.39 is 49.3 Å². The van der Waals surface area contributed by atoms with Crippen molar-refractivity contribution in [3.05, 3.63) is 0 Å². The van der Waals surface area contributed by atoms with Gasteiger partial charge in [0.15, 0.2) is 0 Å². The summed E-state index contributed by atoms with van der Waals surface area (Å²) < 4.78 is 25.5. The molecule has 0 spiro atoms. The second-order valence-corrected chi connectivity index (χ2v) is 3.87. The number of nitrogens with one attached hydrogen (secondary N) is 1. The average Bonchev–Trinajstić information content (AvgIpc) is 2.54. The lowest BCUT2D eigenvalue weighted by Gasteiger charge is -2.16. The first-order valence-electron chi connectivity index (χ1n) is 5.17. The molecule has 0 aromatic rings. The fraction of sp³-hybridized carbons (Fsp3) is 0.556. The van der Waals surface area contributed by atoms with Crippen LogP contribution in [0.5, 0.6) is 0 Å². The highest BCUT2D eigenvalue weighted by atomic mass is 19.3. The molecule has 0 aromatic carbocycles. The minimum atomic E-state index is -3.28.